The summed E-state index contributed by atoms with van der Waals surface area (Å²) in [5, 5.41) is 6.90. The molecule has 8 heteroatoms. The van der Waals surface area contributed by atoms with Gasteiger partial charge in [0, 0.05) is 13.5 Å². The maximum atomic E-state index is 11.8. The Morgan fingerprint density at radius 1 is 1.53 bits per heavy atom. The minimum atomic E-state index is -0.280. The summed E-state index contributed by atoms with van der Waals surface area (Å²) in [6.07, 6.45) is 1.79. The van der Waals surface area contributed by atoms with Gasteiger partial charge in [-0.2, -0.15) is 0 Å². The van der Waals surface area contributed by atoms with Crippen LogP contribution in [0.1, 0.15) is 13.3 Å². The van der Waals surface area contributed by atoms with Crippen LogP contribution in [0.3, 0.4) is 0 Å². The summed E-state index contributed by atoms with van der Waals surface area (Å²) < 4.78 is 0. The summed E-state index contributed by atoms with van der Waals surface area (Å²) >= 11 is 1.33. The molecule has 3 heterocycles. The maximum Gasteiger partial charge on any atom is 0.327 e. The van der Waals surface area contributed by atoms with Crippen LogP contribution in [0.25, 0.3) is 10.2 Å². The second-order valence-electron chi connectivity index (χ2n) is 4.07. The predicted octanol–water partition coefficient (Wildman–Crippen LogP) is 2.02. The lowest BCUT2D eigenvalue weighted by atomic mass is 10.2. The first kappa shape index (κ1) is 11.8. The summed E-state index contributed by atoms with van der Waals surface area (Å²) in [4.78, 5) is 33.8. The Balaban J connectivity index is 2.21. The highest BCUT2D eigenvalue weighted by atomic mass is 32.1. The third kappa shape index (κ3) is 1.72. The first-order valence-electron chi connectivity index (χ1n) is 5.74. The lowest BCUT2D eigenvalue weighted by molar-refractivity contribution is -0.115. The van der Waals surface area contributed by atoms with Crippen molar-refractivity contribution in [3.8, 4) is 0 Å². The van der Waals surface area contributed by atoms with Gasteiger partial charge in [0.1, 0.15) is 16.2 Å². The molecule has 19 heavy (non-hydrogen) atoms. The van der Waals surface area contributed by atoms with Crippen LogP contribution in [0.2, 0.25) is 0 Å². The number of thiophene rings is 1. The normalized spacial score (nSPS) is 13.6. The molecule has 0 saturated heterocycles. The molecule has 0 aromatic carbocycles. The Bertz CT molecular complexity index is 696. The second-order valence-corrected chi connectivity index (χ2v) is 5.07. The average Bonchev–Trinajstić information content (AvgIpc) is 2.74. The zero-order valence-corrected chi connectivity index (χ0v) is 11.2. The molecule has 0 bridgehead atoms. The van der Waals surface area contributed by atoms with Crippen LogP contribution in [-0.2, 0) is 4.79 Å². The van der Waals surface area contributed by atoms with E-state index in [9.17, 15) is 9.59 Å². The second kappa shape index (κ2) is 4.16. The van der Waals surface area contributed by atoms with Gasteiger partial charge in [-0.1, -0.05) is 18.3 Å². The summed E-state index contributed by atoms with van der Waals surface area (Å²) in [5.74, 6) is 0.447. The van der Waals surface area contributed by atoms with Gasteiger partial charge in [0.05, 0.1) is 11.1 Å². The van der Waals surface area contributed by atoms with Crippen molar-refractivity contribution in [3.63, 3.8) is 0 Å². The fraction of sp³-hybridized carbons (Fsp3) is 0.273. The predicted molar refractivity (Wildman–Crippen MR) is 73.8 cm³/mol. The Hall–Kier alpha value is -2.22. The van der Waals surface area contributed by atoms with Crippen molar-refractivity contribution >= 4 is 50.0 Å². The van der Waals surface area contributed by atoms with Gasteiger partial charge in [-0.25, -0.2) is 14.8 Å². The van der Waals surface area contributed by atoms with Gasteiger partial charge in [0.15, 0.2) is 5.82 Å². The first-order valence-corrected chi connectivity index (χ1v) is 6.55. The molecular weight excluding hydrogens is 266 g/mol. The molecule has 2 N–H and O–H groups in total. The van der Waals surface area contributed by atoms with E-state index in [0.717, 1.165) is 10.2 Å². The highest BCUT2D eigenvalue weighted by Gasteiger charge is 2.28. The summed E-state index contributed by atoms with van der Waals surface area (Å²) in [5.41, 5.74) is 0.584. The van der Waals surface area contributed by atoms with E-state index in [-0.39, 0.29) is 11.9 Å². The molecule has 3 amide bonds. The van der Waals surface area contributed by atoms with Crippen LogP contribution in [-0.4, -0.2) is 29.0 Å². The molecule has 0 aliphatic carbocycles. The van der Waals surface area contributed by atoms with E-state index in [1.807, 2.05) is 0 Å². The minimum Gasteiger partial charge on any atom is -0.316 e. The monoisotopic (exact) mass is 277 g/mol. The number of nitrogens with one attached hydrogen (secondary N) is 2. The molecule has 0 fully saturated rings. The number of rotatable bonds is 2. The molecule has 2 aromatic heterocycles. The fourth-order valence-corrected chi connectivity index (χ4v) is 2.89. The lowest BCUT2D eigenvalue weighted by Gasteiger charge is -2.23. The zero-order valence-electron chi connectivity index (χ0n) is 10.4. The smallest absolute Gasteiger partial charge is 0.316 e. The third-order valence-electron chi connectivity index (χ3n) is 2.90. The van der Waals surface area contributed by atoms with Gasteiger partial charge in [-0.15, -0.1) is 0 Å². The minimum absolute atomic E-state index is 0.106. The number of urea groups is 1. The summed E-state index contributed by atoms with van der Waals surface area (Å²) in [6.45, 7) is 1.77. The standard InChI is InChI=1S/C11H11N5O2S/c1-3-5(17)14-10-7-6-8(16(2)11(18)15-7)12-4-13-9(6)19-10/h4H,3H2,1-2H3,(H,14,17)(H,15,18). The molecule has 0 radical (unpaired) electrons. The summed E-state index contributed by atoms with van der Waals surface area (Å²) in [6, 6.07) is -0.280. The van der Waals surface area contributed by atoms with Crippen LogP contribution >= 0.6 is 11.3 Å². The number of hydrogen-bond donors (Lipinski definition) is 2. The van der Waals surface area contributed by atoms with E-state index >= 15 is 0 Å². The molecule has 98 valence electrons. The molecular formula is C11H11N5O2S. The highest BCUT2D eigenvalue weighted by Crippen LogP contribution is 2.45. The lowest BCUT2D eigenvalue weighted by Crippen LogP contribution is -2.35. The van der Waals surface area contributed by atoms with Gasteiger partial charge < -0.3 is 10.6 Å². The van der Waals surface area contributed by atoms with Crippen molar-refractivity contribution in [3.05, 3.63) is 6.33 Å². The Labute approximate surface area is 112 Å². The molecule has 0 saturated carbocycles. The largest absolute Gasteiger partial charge is 0.327 e. The Morgan fingerprint density at radius 3 is 3.05 bits per heavy atom. The number of aromatic nitrogens is 2. The van der Waals surface area contributed by atoms with Gasteiger partial charge >= 0.3 is 6.03 Å². The average molecular weight is 277 g/mol. The Morgan fingerprint density at radius 2 is 2.32 bits per heavy atom. The Kier molecular flexibility index (Phi) is 2.59. The van der Waals surface area contributed by atoms with Gasteiger partial charge in [-0.05, 0) is 0 Å². The highest BCUT2D eigenvalue weighted by molar-refractivity contribution is 7.23. The van der Waals surface area contributed by atoms with E-state index in [1.165, 1.54) is 22.6 Å². The van der Waals surface area contributed by atoms with Gasteiger partial charge in [0.25, 0.3) is 0 Å². The quantitative estimate of drug-likeness (QED) is 0.879. The number of anilines is 3. The third-order valence-corrected chi connectivity index (χ3v) is 3.91. The SMILES string of the molecule is CCC(=O)Nc1sc2ncnc3c2c1NC(=O)N3C. The van der Waals surface area contributed by atoms with E-state index in [0.29, 0.717) is 22.9 Å². The molecule has 7 nitrogen and oxygen atoms in total. The van der Waals surface area contributed by atoms with Crippen molar-refractivity contribution in [2.45, 2.75) is 13.3 Å². The van der Waals surface area contributed by atoms with Crippen LogP contribution in [0, 0.1) is 0 Å². The summed E-state index contributed by atoms with van der Waals surface area (Å²) in [7, 11) is 1.64. The molecule has 0 spiro atoms. The number of hydrogen-bond acceptors (Lipinski definition) is 5. The zero-order chi connectivity index (χ0) is 13.6. The number of amides is 3. The number of carbonyl (C=O) groups excluding carboxylic acids is 2. The van der Waals surface area contributed by atoms with Crippen molar-refractivity contribution < 1.29 is 9.59 Å². The molecule has 2 aromatic rings. The van der Waals surface area contributed by atoms with Crippen LogP contribution in [0.15, 0.2) is 6.33 Å². The molecule has 0 unspecified atom stereocenters. The molecule has 1 aliphatic rings. The topological polar surface area (TPSA) is 87.2 Å². The van der Waals surface area contributed by atoms with Crippen LogP contribution in [0.4, 0.5) is 21.3 Å². The number of carbonyl (C=O) groups is 2. The van der Waals surface area contributed by atoms with E-state index in [4.69, 9.17) is 0 Å². The first-order chi connectivity index (χ1) is 9.11. The van der Waals surface area contributed by atoms with Gasteiger partial charge in [-0.3, -0.25) is 9.69 Å². The van der Waals surface area contributed by atoms with Crippen LogP contribution in [0.5, 0.6) is 0 Å². The van der Waals surface area contributed by atoms with Crippen molar-refractivity contribution in [2.24, 2.45) is 0 Å². The molecule has 1 aliphatic heterocycles. The van der Waals surface area contributed by atoms with Crippen molar-refractivity contribution in [1.82, 2.24) is 9.97 Å². The van der Waals surface area contributed by atoms with E-state index in [1.54, 1.807) is 14.0 Å². The van der Waals surface area contributed by atoms with Crippen molar-refractivity contribution in [1.29, 1.82) is 0 Å². The van der Waals surface area contributed by atoms with Crippen molar-refractivity contribution in [2.75, 3.05) is 22.6 Å². The number of nitrogens with zero attached hydrogens (tertiary/aromatic N) is 3. The maximum absolute atomic E-state index is 11.8. The van der Waals surface area contributed by atoms with E-state index in [2.05, 4.69) is 20.6 Å². The van der Waals surface area contributed by atoms with E-state index < -0.39 is 0 Å². The molecule has 0 atom stereocenters. The van der Waals surface area contributed by atoms with Crippen LogP contribution < -0.4 is 15.5 Å². The molecule has 3 rings (SSSR count). The van der Waals surface area contributed by atoms with Gasteiger partial charge in [0.2, 0.25) is 5.91 Å². The fourth-order valence-electron chi connectivity index (χ4n) is 1.88.